The SMILES string of the molecule is COc1ccc(C(OC(C)C)C(C)N)cc1. The van der Waals surface area contributed by atoms with Crippen LogP contribution in [0, 0.1) is 0 Å². The monoisotopic (exact) mass is 223 g/mol. The molecule has 16 heavy (non-hydrogen) atoms. The van der Waals surface area contributed by atoms with E-state index in [0.717, 1.165) is 11.3 Å². The van der Waals surface area contributed by atoms with Crippen molar-refractivity contribution in [1.29, 1.82) is 0 Å². The fourth-order valence-electron chi connectivity index (χ4n) is 1.59. The minimum Gasteiger partial charge on any atom is -0.497 e. The number of hydrogen-bond acceptors (Lipinski definition) is 3. The van der Waals surface area contributed by atoms with Gasteiger partial charge < -0.3 is 15.2 Å². The molecular formula is C13H21NO2. The van der Waals surface area contributed by atoms with Crippen molar-refractivity contribution < 1.29 is 9.47 Å². The molecule has 0 saturated carbocycles. The van der Waals surface area contributed by atoms with E-state index in [2.05, 4.69) is 0 Å². The largest absolute Gasteiger partial charge is 0.497 e. The zero-order valence-corrected chi connectivity index (χ0v) is 10.4. The lowest BCUT2D eigenvalue weighted by atomic mass is 10.0. The Kier molecular flexibility index (Phi) is 4.77. The molecule has 0 aliphatic rings. The average molecular weight is 223 g/mol. The first-order valence-corrected chi connectivity index (χ1v) is 5.59. The molecule has 0 aliphatic heterocycles. The third-order valence-corrected chi connectivity index (χ3v) is 2.34. The Morgan fingerprint density at radius 1 is 1.06 bits per heavy atom. The van der Waals surface area contributed by atoms with Gasteiger partial charge in [-0.2, -0.15) is 0 Å². The smallest absolute Gasteiger partial charge is 0.118 e. The summed E-state index contributed by atoms with van der Waals surface area (Å²) in [6.45, 7) is 5.98. The molecule has 2 unspecified atom stereocenters. The summed E-state index contributed by atoms with van der Waals surface area (Å²) < 4.78 is 10.9. The number of nitrogens with two attached hydrogens (primary N) is 1. The van der Waals surface area contributed by atoms with Crippen molar-refractivity contribution in [3.8, 4) is 5.75 Å². The highest BCUT2D eigenvalue weighted by Gasteiger charge is 2.18. The second-order valence-electron chi connectivity index (χ2n) is 4.24. The second kappa shape index (κ2) is 5.87. The van der Waals surface area contributed by atoms with E-state index < -0.39 is 0 Å². The van der Waals surface area contributed by atoms with Gasteiger partial charge in [-0.15, -0.1) is 0 Å². The van der Waals surface area contributed by atoms with Crippen LogP contribution in [0.1, 0.15) is 32.4 Å². The van der Waals surface area contributed by atoms with Crippen molar-refractivity contribution in [3.05, 3.63) is 29.8 Å². The van der Waals surface area contributed by atoms with Gasteiger partial charge >= 0.3 is 0 Å². The molecule has 1 aromatic carbocycles. The van der Waals surface area contributed by atoms with Crippen molar-refractivity contribution in [3.63, 3.8) is 0 Å². The molecule has 2 N–H and O–H groups in total. The lowest BCUT2D eigenvalue weighted by Gasteiger charge is -2.24. The third kappa shape index (κ3) is 3.51. The van der Waals surface area contributed by atoms with E-state index in [1.54, 1.807) is 7.11 Å². The van der Waals surface area contributed by atoms with Crippen LogP contribution < -0.4 is 10.5 Å². The van der Waals surface area contributed by atoms with E-state index in [4.69, 9.17) is 15.2 Å². The van der Waals surface area contributed by atoms with Gasteiger partial charge in [-0.1, -0.05) is 12.1 Å². The van der Waals surface area contributed by atoms with E-state index in [1.165, 1.54) is 0 Å². The van der Waals surface area contributed by atoms with Crippen LogP contribution in [0.4, 0.5) is 0 Å². The summed E-state index contributed by atoms with van der Waals surface area (Å²) >= 11 is 0. The van der Waals surface area contributed by atoms with Crippen molar-refractivity contribution in [2.24, 2.45) is 5.73 Å². The van der Waals surface area contributed by atoms with Crippen LogP contribution in [-0.2, 0) is 4.74 Å². The lowest BCUT2D eigenvalue weighted by molar-refractivity contribution is -0.00513. The summed E-state index contributed by atoms with van der Waals surface area (Å²) in [6, 6.07) is 7.81. The maximum Gasteiger partial charge on any atom is 0.118 e. The van der Waals surface area contributed by atoms with Crippen LogP contribution in [0.15, 0.2) is 24.3 Å². The quantitative estimate of drug-likeness (QED) is 0.834. The number of ether oxygens (including phenoxy) is 2. The first kappa shape index (κ1) is 13.0. The molecule has 0 aliphatic carbocycles. The van der Waals surface area contributed by atoms with E-state index >= 15 is 0 Å². The molecule has 3 heteroatoms. The summed E-state index contributed by atoms with van der Waals surface area (Å²) in [7, 11) is 1.66. The molecule has 0 fully saturated rings. The van der Waals surface area contributed by atoms with Crippen LogP contribution in [0.25, 0.3) is 0 Å². The predicted octanol–water partition coefficient (Wildman–Crippen LogP) is 2.51. The highest BCUT2D eigenvalue weighted by Crippen LogP contribution is 2.24. The topological polar surface area (TPSA) is 44.5 Å². The first-order valence-electron chi connectivity index (χ1n) is 5.59. The normalized spacial score (nSPS) is 14.9. The molecule has 0 saturated heterocycles. The summed E-state index contributed by atoms with van der Waals surface area (Å²) in [5.41, 5.74) is 7.02. The van der Waals surface area contributed by atoms with Crippen LogP contribution in [0.5, 0.6) is 5.75 Å². The predicted molar refractivity (Wildman–Crippen MR) is 65.6 cm³/mol. The van der Waals surface area contributed by atoms with E-state index in [1.807, 2.05) is 45.0 Å². The minimum absolute atomic E-state index is 0.0317. The fraction of sp³-hybridized carbons (Fsp3) is 0.538. The Morgan fingerprint density at radius 3 is 2.00 bits per heavy atom. The zero-order chi connectivity index (χ0) is 12.1. The number of rotatable bonds is 5. The average Bonchev–Trinajstić information content (AvgIpc) is 2.25. The second-order valence-corrected chi connectivity index (χ2v) is 4.24. The molecular weight excluding hydrogens is 202 g/mol. The van der Waals surface area contributed by atoms with Gasteiger partial charge in [0.1, 0.15) is 5.75 Å². The lowest BCUT2D eigenvalue weighted by Crippen LogP contribution is -2.28. The van der Waals surface area contributed by atoms with Crippen LogP contribution in [0.3, 0.4) is 0 Å². The summed E-state index contributed by atoms with van der Waals surface area (Å²) in [6.07, 6.45) is 0.101. The molecule has 0 aromatic heterocycles. The van der Waals surface area contributed by atoms with Crippen molar-refractivity contribution >= 4 is 0 Å². The molecule has 3 nitrogen and oxygen atoms in total. The molecule has 2 atom stereocenters. The molecule has 0 heterocycles. The van der Waals surface area contributed by atoms with Gasteiger partial charge in [0.05, 0.1) is 19.3 Å². The molecule has 0 spiro atoms. The van der Waals surface area contributed by atoms with Crippen LogP contribution in [-0.4, -0.2) is 19.3 Å². The van der Waals surface area contributed by atoms with Gasteiger partial charge in [-0.25, -0.2) is 0 Å². The van der Waals surface area contributed by atoms with E-state index in [0.29, 0.717) is 0 Å². The zero-order valence-electron chi connectivity index (χ0n) is 10.4. The Bertz CT molecular complexity index is 306. The third-order valence-electron chi connectivity index (χ3n) is 2.34. The van der Waals surface area contributed by atoms with Gasteiger partial charge in [-0.3, -0.25) is 0 Å². The van der Waals surface area contributed by atoms with Gasteiger partial charge in [0.2, 0.25) is 0 Å². The Balaban J connectivity index is 2.84. The minimum atomic E-state index is -0.0640. The molecule has 0 radical (unpaired) electrons. The number of methoxy groups -OCH3 is 1. The molecule has 0 amide bonds. The van der Waals surface area contributed by atoms with Gasteiger partial charge in [-0.05, 0) is 38.5 Å². The van der Waals surface area contributed by atoms with Crippen molar-refractivity contribution in [2.75, 3.05) is 7.11 Å². The number of benzene rings is 1. The van der Waals surface area contributed by atoms with Crippen LogP contribution in [0.2, 0.25) is 0 Å². The highest BCUT2D eigenvalue weighted by atomic mass is 16.5. The van der Waals surface area contributed by atoms with Gasteiger partial charge in [0, 0.05) is 6.04 Å². The Hall–Kier alpha value is -1.06. The summed E-state index contributed by atoms with van der Waals surface area (Å²) in [5.74, 6) is 0.844. The molecule has 1 rings (SSSR count). The van der Waals surface area contributed by atoms with E-state index in [-0.39, 0.29) is 18.2 Å². The van der Waals surface area contributed by atoms with Gasteiger partial charge in [0.15, 0.2) is 0 Å². The summed E-state index contributed by atoms with van der Waals surface area (Å²) in [5, 5.41) is 0. The Morgan fingerprint density at radius 2 is 1.62 bits per heavy atom. The molecule has 1 aromatic rings. The molecule has 90 valence electrons. The maximum absolute atomic E-state index is 5.93. The standard InChI is InChI=1S/C13H21NO2/c1-9(2)16-13(10(3)14)11-5-7-12(15-4)8-6-11/h5-10,13H,14H2,1-4H3. The maximum atomic E-state index is 5.93. The summed E-state index contributed by atoms with van der Waals surface area (Å²) in [4.78, 5) is 0. The van der Waals surface area contributed by atoms with Gasteiger partial charge in [0.25, 0.3) is 0 Å². The highest BCUT2D eigenvalue weighted by molar-refractivity contribution is 5.29. The fourth-order valence-corrected chi connectivity index (χ4v) is 1.59. The first-order chi connectivity index (χ1) is 7.54. The van der Waals surface area contributed by atoms with E-state index in [9.17, 15) is 0 Å². The number of hydrogen-bond donors (Lipinski definition) is 1. The van der Waals surface area contributed by atoms with Crippen molar-refractivity contribution in [1.82, 2.24) is 0 Å². The van der Waals surface area contributed by atoms with Crippen LogP contribution >= 0.6 is 0 Å². The Labute approximate surface area is 97.6 Å². The molecule has 0 bridgehead atoms. The van der Waals surface area contributed by atoms with Crippen molar-refractivity contribution in [2.45, 2.75) is 39.0 Å².